The van der Waals surface area contributed by atoms with Gasteiger partial charge in [0.2, 0.25) is 0 Å². The molecule has 3 aromatic carbocycles. The summed E-state index contributed by atoms with van der Waals surface area (Å²) in [7, 11) is 0. The van der Waals surface area contributed by atoms with Crippen molar-refractivity contribution in [3.8, 4) is 5.75 Å². The molecule has 3 N–H and O–H groups in total. The molecule has 0 aromatic heterocycles. The van der Waals surface area contributed by atoms with Crippen molar-refractivity contribution in [2.45, 2.75) is 31.2 Å². The number of carbonyl (C=O) groups excluding carboxylic acids is 1. The summed E-state index contributed by atoms with van der Waals surface area (Å²) < 4.78 is 6.49. The summed E-state index contributed by atoms with van der Waals surface area (Å²) in [5, 5.41) is 9.92. The summed E-state index contributed by atoms with van der Waals surface area (Å²) in [6, 6.07) is 24.4. The van der Waals surface area contributed by atoms with Crippen LogP contribution in [-0.2, 0) is 6.54 Å². The lowest BCUT2D eigenvalue weighted by Gasteiger charge is -2.40. The molecular formula is C28H28ClN3O2. The number of nitrogens with one attached hydrogen (secondary N) is 3. The number of piperidine rings is 1. The molecule has 6 rings (SSSR count). The van der Waals surface area contributed by atoms with Crippen LogP contribution in [0.3, 0.4) is 0 Å². The summed E-state index contributed by atoms with van der Waals surface area (Å²) in [5.41, 5.74) is 6.13. The van der Waals surface area contributed by atoms with Gasteiger partial charge in [0.05, 0.1) is 0 Å². The second kappa shape index (κ2) is 9.26. The van der Waals surface area contributed by atoms with Crippen LogP contribution < -0.4 is 20.7 Å². The molecule has 0 aliphatic carbocycles. The van der Waals surface area contributed by atoms with E-state index in [0.29, 0.717) is 5.56 Å². The Bertz CT molecular complexity index is 1230. The van der Waals surface area contributed by atoms with Crippen LogP contribution in [0, 0.1) is 0 Å². The number of benzene rings is 3. The fraction of sp³-hybridized carbons (Fsp3) is 0.250. The first-order valence-corrected chi connectivity index (χ1v) is 11.7. The van der Waals surface area contributed by atoms with E-state index in [0.717, 1.165) is 54.9 Å². The van der Waals surface area contributed by atoms with Gasteiger partial charge in [-0.25, -0.2) is 0 Å². The van der Waals surface area contributed by atoms with Gasteiger partial charge >= 0.3 is 0 Å². The second-order valence-electron chi connectivity index (χ2n) is 9.03. The Labute approximate surface area is 206 Å². The molecule has 1 unspecified atom stereocenters. The van der Waals surface area contributed by atoms with E-state index in [2.05, 4.69) is 46.3 Å². The highest BCUT2D eigenvalue weighted by Gasteiger charge is 2.37. The third-order valence-electron chi connectivity index (χ3n) is 6.94. The van der Waals surface area contributed by atoms with Crippen LogP contribution in [0.4, 0.5) is 0 Å². The highest BCUT2D eigenvalue weighted by Crippen LogP contribution is 2.42. The number of halogens is 1. The van der Waals surface area contributed by atoms with Gasteiger partial charge in [-0.05, 0) is 59.6 Å². The number of fused-ring (bicyclic) bond motifs is 2. The molecule has 3 aliphatic rings. The Morgan fingerprint density at radius 2 is 1.68 bits per heavy atom. The number of rotatable bonds is 3. The number of hydrogen-bond donors (Lipinski definition) is 3. The second-order valence-corrected chi connectivity index (χ2v) is 9.03. The molecule has 1 amide bonds. The third kappa shape index (κ3) is 4.11. The zero-order valence-electron chi connectivity index (χ0n) is 18.8. The predicted octanol–water partition coefficient (Wildman–Crippen LogP) is 4.59. The van der Waals surface area contributed by atoms with Gasteiger partial charge in [-0.2, -0.15) is 0 Å². The van der Waals surface area contributed by atoms with Gasteiger partial charge in [0.1, 0.15) is 17.5 Å². The molecule has 1 fully saturated rings. The lowest BCUT2D eigenvalue weighted by molar-refractivity contribution is 0.0816. The van der Waals surface area contributed by atoms with E-state index in [1.807, 2.05) is 48.5 Å². The van der Waals surface area contributed by atoms with Crippen molar-refractivity contribution in [2.24, 2.45) is 0 Å². The molecule has 6 heteroatoms. The molecule has 0 radical (unpaired) electrons. The van der Waals surface area contributed by atoms with E-state index in [1.54, 1.807) is 0 Å². The average Bonchev–Trinajstić information content (AvgIpc) is 3.27. The van der Waals surface area contributed by atoms with Crippen molar-refractivity contribution in [3.05, 3.63) is 107 Å². The first kappa shape index (κ1) is 22.7. The lowest BCUT2D eigenvalue weighted by Crippen LogP contribution is -2.46. The summed E-state index contributed by atoms with van der Waals surface area (Å²) in [6.07, 6.45) is 4.03. The lowest BCUT2D eigenvalue weighted by atomic mass is 9.83. The Morgan fingerprint density at radius 3 is 2.50 bits per heavy atom. The number of para-hydroxylation sites is 1. The molecule has 3 aliphatic heterocycles. The smallest absolute Gasteiger partial charge is 0.252 e. The molecule has 34 heavy (non-hydrogen) atoms. The molecule has 1 atom stereocenters. The monoisotopic (exact) mass is 473 g/mol. The Hall–Kier alpha value is -3.12. The topological polar surface area (TPSA) is 62.4 Å². The standard InChI is InChI=1S/C28H27N3O2.ClH/c32-27(31-26-22-6-2-1-5-21(22)18-30-26)20-11-9-19(10-12-20)24-17-28(13-15-29-16-14-28)33-25-8-4-3-7-23(24)25;/h1-12,17,26,29-30H,13-16,18H2,(H,31,32);1H. The zero-order valence-corrected chi connectivity index (χ0v) is 19.7. The van der Waals surface area contributed by atoms with Gasteiger partial charge < -0.3 is 15.4 Å². The van der Waals surface area contributed by atoms with E-state index in [-0.39, 0.29) is 30.1 Å². The number of hydrogen-bond acceptors (Lipinski definition) is 4. The highest BCUT2D eigenvalue weighted by molar-refractivity contribution is 5.95. The molecule has 0 saturated carbocycles. The normalized spacial score (nSPS) is 19.8. The van der Waals surface area contributed by atoms with Crippen molar-refractivity contribution in [1.82, 2.24) is 16.0 Å². The minimum Gasteiger partial charge on any atom is -0.482 e. The Balaban J connectivity index is 0.00000241. The van der Waals surface area contributed by atoms with Crippen LogP contribution in [-0.4, -0.2) is 24.6 Å². The SMILES string of the molecule is Cl.O=C(NC1NCc2ccccc21)c1ccc(C2=CC3(CCNCC3)Oc3ccccc32)cc1. The predicted molar refractivity (Wildman–Crippen MR) is 136 cm³/mol. The maximum absolute atomic E-state index is 12.9. The summed E-state index contributed by atoms with van der Waals surface area (Å²) >= 11 is 0. The molecule has 3 aromatic rings. The fourth-order valence-corrected chi connectivity index (χ4v) is 5.15. The number of amides is 1. The van der Waals surface area contributed by atoms with Crippen LogP contribution in [0.25, 0.3) is 5.57 Å². The van der Waals surface area contributed by atoms with Gasteiger partial charge in [0.15, 0.2) is 0 Å². The van der Waals surface area contributed by atoms with E-state index < -0.39 is 0 Å². The quantitative estimate of drug-likeness (QED) is 0.521. The van der Waals surface area contributed by atoms with Gasteiger partial charge in [-0.15, -0.1) is 12.4 Å². The van der Waals surface area contributed by atoms with Crippen LogP contribution in [0.5, 0.6) is 5.75 Å². The van der Waals surface area contributed by atoms with Gasteiger partial charge in [-0.3, -0.25) is 10.1 Å². The van der Waals surface area contributed by atoms with Crippen LogP contribution in [0.1, 0.15) is 51.6 Å². The molecule has 3 heterocycles. The van der Waals surface area contributed by atoms with E-state index >= 15 is 0 Å². The van der Waals surface area contributed by atoms with Crippen LogP contribution in [0.15, 0.2) is 78.9 Å². The van der Waals surface area contributed by atoms with Crippen molar-refractivity contribution < 1.29 is 9.53 Å². The molecule has 1 saturated heterocycles. The first-order valence-electron chi connectivity index (χ1n) is 11.7. The van der Waals surface area contributed by atoms with Crippen molar-refractivity contribution in [1.29, 1.82) is 0 Å². The van der Waals surface area contributed by atoms with Gasteiger partial charge in [0, 0.05) is 30.5 Å². The maximum Gasteiger partial charge on any atom is 0.252 e. The summed E-state index contributed by atoms with van der Waals surface area (Å²) in [4.78, 5) is 12.9. The molecule has 5 nitrogen and oxygen atoms in total. The molecular weight excluding hydrogens is 446 g/mol. The fourth-order valence-electron chi connectivity index (χ4n) is 5.15. The third-order valence-corrected chi connectivity index (χ3v) is 6.94. The van der Waals surface area contributed by atoms with Crippen LogP contribution in [0.2, 0.25) is 0 Å². The zero-order chi connectivity index (χ0) is 22.3. The molecule has 0 bridgehead atoms. The van der Waals surface area contributed by atoms with Gasteiger partial charge in [-0.1, -0.05) is 54.6 Å². The van der Waals surface area contributed by atoms with Crippen molar-refractivity contribution in [3.63, 3.8) is 0 Å². The number of carbonyl (C=O) groups is 1. The minimum absolute atomic E-state index is 0. The largest absolute Gasteiger partial charge is 0.482 e. The van der Waals surface area contributed by atoms with E-state index in [4.69, 9.17) is 4.74 Å². The number of ether oxygens (including phenoxy) is 1. The van der Waals surface area contributed by atoms with E-state index in [1.165, 1.54) is 11.1 Å². The molecule has 1 spiro atoms. The van der Waals surface area contributed by atoms with Crippen molar-refractivity contribution in [2.75, 3.05) is 13.1 Å². The Kier molecular flexibility index (Phi) is 6.17. The first-order chi connectivity index (χ1) is 16.2. The van der Waals surface area contributed by atoms with Crippen molar-refractivity contribution >= 4 is 23.9 Å². The maximum atomic E-state index is 12.9. The Morgan fingerprint density at radius 1 is 0.941 bits per heavy atom. The minimum atomic E-state index is -0.271. The highest BCUT2D eigenvalue weighted by atomic mass is 35.5. The summed E-state index contributed by atoms with van der Waals surface area (Å²) in [6.45, 7) is 2.67. The van der Waals surface area contributed by atoms with E-state index in [9.17, 15) is 4.79 Å². The summed E-state index contributed by atoms with van der Waals surface area (Å²) in [5.74, 6) is 0.858. The van der Waals surface area contributed by atoms with Gasteiger partial charge in [0.25, 0.3) is 5.91 Å². The van der Waals surface area contributed by atoms with Crippen LogP contribution >= 0.6 is 12.4 Å². The molecule has 174 valence electrons. The average molecular weight is 474 g/mol.